The van der Waals surface area contributed by atoms with E-state index in [0.29, 0.717) is 0 Å². The number of nitrogens with one attached hydrogen (secondary N) is 1. The van der Waals surface area contributed by atoms with Gasteiger partial charge < -0.3 is 20.6 Å². The van der Waals surface area contributed by atoms with Gasteiger partial charge in [0, 0.05) is 10.5 Å². The molecule has 0 atom stereocenters. The van der Waals surface area contributed by atoms with Crippen LogP contribution in [0.4, 0.5) is 0 Å². The Morgan fingerprint density at radius 3 is 2.16 bits per heavy atom. The first-order valence-electron chi connectivity index (χ1n) is 5.63. The number of hydrogen-bond donors (Lipinski definition) is 4. The maximum atomic E-state index is 11.6. The Balaban J connectivity index is 2.66. The third-order valence-electron chi connectivity index (χ3n) is 2.59. The number of hydrogen-bond acceptors (Lipinski definition) is 4. The van der Waals surface area contributed by atoms with Crippen molar-refractivity contribution in [2.45, 2.75) is 5.54 Å². The fourth-order valence-corrected chi connectivity index (χ4v) is 1.58. The second-order valence-electron chi connectivity index (χ2n) is 4.13. The molecule has 0 aromatic heterocycles. The van der Waals surface area contributed by atoms with Crippen LogP contribution in [-0.4, -0.2) is 46.6 Å². The number of amides is 1. The van der Waals surface area contributed by atoms with Gasteiger partial charge in [0.15, 0.2) is 0 Å². The highest BCUT2D eigenvalue weighted by Crippen LogP contribution is 2.11. The van der Waals surface area contributed by atoms with Crippen molar-refractivity contribution in [2.75, 3.05) is 19.8 Å². The van der Waals surface area contributed by atoms with Gasteiger partial charge in [0.25, 0.3) is 0 Å². The molecule has 0 saturated heterocycles. The Hall–Kier alpha value is -1.21. The van der Waals surface area contributed by atoms with Gasteiger partial charge in [0.2, 0.25) is 5.91 Å². The summed E-state index contributed by atoms with van der Waals surface area (Å²) in [4.78, 5) is 11.6. The summed E-state index contributed by atoms with van der Waals surface area (Å²) in [7, 11) is 0. The third kappa shape index (κ3) is 4.76. The lowest BCUT2D eigenvalue weighted by Gasteiger charge is -2.27. The first-order chi connectivity index (χ1) is 9.05. The molecule has 5 nitrogen and oxygen atoms in total. The molecule has 0 radical (unpaired) electrons. The van der Waals surface area contributed by atoms with Crippen molar-refractivity contribution in [3.63, 3.8) is 0 Å². The predicted octanol–water partition coefficient (Wildman–Crippen LogP) is 0.294. The Morgan fingerprint density at radius 1 is 1.16 bits per heavy atom. The summed E-state index contributed by atoms with van der Waals surface area (Å²) >= 11 is 3.31. The average molecular weight is 330 g/mol. The number of rotatable bonds is 6. The smallest absolute Gasteiger partial charge is 0.244 e. The van der Waals surface area contributed by atoms with Crippen LogP contribution in [0.5, 0.6) is 0 Å². The standard InChI is InChI=1S/C13H16BrNO4/c14-11-4-1-10(2-5-11)3-6-12(19)15-13(7-16,8-17)9-18/h1-6,16-18H,7-9H2,(H,15,19)/b6-3+. The van der Waals surface area contributed by atoms with Crippen LogP contribution in [0.1, 0.15) is 5.56 Å². The topological polar surface area (TPSA) is 89.8 Å². The quantitative estimate of drug-likeness (QED) is 0.565. The van der Waals surface area contributed by atoms with Crippen LogP contribution >= 0.6 is 15.9 Å². The van der Waals surface area contributed by atoms with E-state index in [1.54, 1.807) is 6.08 Å². The number of halogens is 1. The van der Waals surface area contributed by atoms with E-state index in [0.717, 1.165) is 10.0 Å². The normalized spacial score (nSPS) is 11.8. The van der Waals surface area contributed by atoms with Crippen LogP contribution in [0.3, 0.4) is 0 Å². The van der Waals surface area contributed by atoms with E-state index < -0.39 is 31.3 Å². The lowest BCUT2D eigenvalue weighted by atomic mass is 10.0. The predicted molar refractivity (Wildman–Crippen MR) is 75.3 cm³/mol. The van der Waals surface area contributed by atoms with Gasteiger partial charge >= 0.3 is 0 Å². The minimum Gasteiger partial charge on any atom is -0.394 e. The van der Waals surface area contributed by atoms with Crippen molar-refractivity contribution in [3.8, 4) is 0 Å². The van der Waals surface area contributed by atoms with Gasteiger partial charge in [-0.25, -0.2) is 0 Å². The van der Waals surface area contributed by atoms with Gasteiger partial charge in [-0.2, -0.15) is 0 Å². The van der Waals surface area contributed by atoms with Crippen LogP contribution < -0.4 is 5.32 Å². The lowest BCUT2D eigenvalue weighted by Crippen LogP contribution is -2.56. The van der Waals surface area contributed by atoms with E-state index in [4.69, 9.17) is 15.3 Å². The molecule has 0 aliphatic heterocycles. The van der Waals surface area contributed by atoms with E-state index in [1.165, 1.54) is 6.08 Å². The number of benzene rings is 1. The molecule has 0 fully saturated rings. The highest BCUT2D eigenvalue weighted by atomic mass is 79.9. The lowest BCUT2D eigenvalue weighted by molar-refractivity contribution is -0.120. The molecule has 0 heterocycles. The molecule has 0 bridgehead atoms. The zero-order valence-corrected chi connectivity index (χ0v) is 11.8. The first kappa shape index (κ1) is 15.8. The van der Waals surface area contributed by atoms with E-state index in [2.05, 4.69) is 21.2 Å². The molecule has 0 spiro atoms. The summed E-state index contributed by atoms with van der Waals surface area (Å²) in [6, 6.07) is 7.34. The molecule has 4 N–H and O–H groups in total. The summed E-state index contributed by atoms with van der Waals surface area (Å²) in [5, 5.41) is 29.6. The molecule has 1 aromatic rings. The maximum Gasteiger partial charge on any atom is 0.244 e. The fraction of sp³-hybridized carbons (Fsp3) is 0.308. The zero-order chi connectivity index (χ0) is 14.3. The van der Waals surface area contributed by atoms with E-state index in [9.17, 15) is 4.79 Å². The molecule has 0 aliphatic rings. The number of carbonyl (C=O) groups excluding carboxylic acids is 1. The van der Waals surface area contributed by atoms with Crippen LogP contribution in [-0.2, 0) is 4.79 Å². The second kappa shape index (κ2) is 7.40. The molecular weight excluding hydrogens is 314 g/mol. The van der Waals surface area contributed by atoms with Crippen LogP contribution in [0.2, 0.25) is 0 Å². The van der Waals surface area contributed by atoms with Gasteiger partial charge in [-0.05, 0) is 23.8 Å². The van der Waals surface area contributed by atoms with Crippen molar-refractivity contribution in [2.24, 2.45) is 0 Å². The second-order valence-corrected chi connectivity index (χ2v) is 5.04. The highest BCUT2D eigenvalue weighted by molar-refractivity contribution is 9.10. The number of aliphatic hydroxyl groups excluding tert-OH is 3. The molecule has 1 rings (SSSR count). The summed E-state index contributed by atoms with van der Waals surface area (Å²) < 4.78 is 0.939. The van der Waals surface area contributed by atoms with Crippen molar-refractivity contribution in [1.29, 1.82) is 0 Å². The number of aliphatic hydroxyl groups is 3. The minimum absolute atomic E-state index is 0.500. The SMILES string of the molecule is O=C(/C=C/c1ccc(Br)cc1)NC(CO)(CO)CO. The van der Waals surface area contributed by atoms with Crippen molar-refractivity contribution in [3.05, 3.63) is 40.4 Å². The van der Waals surface area contributed by atoms with E-state index >= 15 is 0 Å². The van der Waals surface area contributed by atoms with Crippen molar-refractivity contribution >= 4 is 27.9 Å². The average Bonchev–Trinajstić information content (AvgIpc) is 2.44. The number of carbonyl (C=O) groups is 1. The summed E-state index contributed by atoms with van der Waals surface area (Å²) in [6.45, 7) is -1.63. The Morgan fingerprint density at radius 2 is 1.68 bits per heavy atom. The fourth-order valence-electron chi connectivity index (χ4n) is 1.32. The van der Waals surface area contributed by atoms with Crippen molar-refractivity contribution in [1.82, 2.24) is 5.32 Å². The van der Waals surface area contributed by atoms with Gasteiger partial charge in [0.1, 0.15) is 5.54 Å². The molecular formula is C13H16BrNO4. The Bertz CT molecular complexity index is 432. The minimum atomic E-state index is -1.40. The largest absolute Gasteiger partial charge is 0.394 e. The van der Waals surface area contributed by atoms with Crippen LogP contribution in [0, 0.1) is 0 Å². The Kier molecular flexibility index (Phi) is 6.17. The zero-order valence-electron chi connectivity index (χ0n) is 10.2. The maximum absolute atomic E-state index is 11.6. The molecule has 1 amide bonds. The highest BCUT2D eigenvalue weighted by Gasteiger charge is 2.28. The van der Waals surface area contributed by atoms with Gasteiger partial charge in [-0.1, -0.05) is 28.1 Å². The van der Waals surface area contributed by atoms with Crippen molar-refractivity contribution < 1.29 is 20.1 Å². The van der Waals surface area contributed by atoms with Gasteiger partial charge in [-0.15, -0.1) is 0 Å². The monoisotopic (exact) mass is 329 g/mol. The summed E-state index contributed by atoms with van der Waals surface area (Å²) in [6.07, 6.45) is 2.87. The molecule has 6 heteroatoms. The van der Waals surface area contributed by atoms with E-state index in [-0.39, 0.29) is 0 Å². The first-order valence-corrected chi connectivity index (χ1v) is 6.43. The molecule has 0 saturated carbocycles. The van der Waals surface area contributed by atoms with Crippen LogP contribution in [0.25, 0.3) is 6.08 Å². The molecule has 0 aliphatic carbocycles. The van der Waals surface area contributed by atoms with Gasteiger partial charge in [-0.3, -0.25) is 4.79 Å². The van der Waals surface area contributed by atoms with Crippen LogP contribution in [0.15, 0.2) is 34.8 Å². The Labute approximate surface area is 119 Å². The molecule has 0 unspecified atom stereocenters. The van der Waals surface area contributed by atoms with Gasteiger partial charge in [0.05, 0.1) is 19.8 Å². The molecule has 1 aromatic carbocycles. The van der Waals surface area contributed by atoms with E-state index in [1.807, 2.05) is 24.3 Å². The molecule has 19 heavy (non-hydrogen) atoms. The third-order valence-corrected chi connectivity index (χ3v) is 3.12. The summed E-state index contributed by atoms with van der Waals surface area (Å²) in [5.41, 5.74) is -0.567. The molecule has 104 valence electrons. The summed E-state index contributed by atoms with van der Waals surface area (Å²) in [5.74, 6) is -0.500.